The second-order valence-corrected chi connectivity index (χ2v) is 5.76. The summed E-state index contributed by atoms with van der Waals surface area (Å²) >= 11 is 0. The van der Waals surface area contributed by atoms with Gasteiger partial charge in [-0.2, -0.15) is 0 Å². The average molecular weight is 250 g/mol. The molecular formula is C12H30O3Si. The van der Waals surface area contributed by atoms with Crippen LogP contribution in [0.5, 0.6) is 0 Å². The quantitative estimate of drug-likeness (QED) is 0.464. The molecule has 0 aliphatic rings. The molecule has 100 valence electrons. The van der Waals surface area contributed by atoms with Gasteiger partial charge in [0, 0.05) is 21.3 Å². The summed E-state index contributed by atoms with van der Waals surface area (Å²) in [6, 6.07) is 0. The molecule has 16 heavy (non-hydrogen) atoms. The molecular weight excluding hydrogens is 220 g/mol. The van der Waals surface area contributed by atoms with Gasteiger partial charge in [-0.15, -0.1) is 0 Å². The lowest BCUT2D eigenvalue weighted by Crippen LogP contribution is -2.21. The van der Waals surface area contributed by atoms with Crippen LogP contribution in [0.25, 0.3) is 0 Å². The fourth-order valence-corrected chi connectivity index (χ4v) is 1.90. The zero-order chi connectivity index (χ0) is 12.6. The van der Waals surface area contributed by atoms with Crippen molar-refractivity contribution < 1.29 is 13.3 Å². The molecule has 0 radical (unpaired) electrons. The molecule has 0 saturated carbocycles. The van der Waals surface area contributed by atoms with Crippen molar-refractivity contribution >= 4 is 9.53 Å². The first kappa shape index (κ1) is 18.5. The summed E-state index contributed by atoms with van der Waals surface area (Å²) in [5.41, 5.74) is 0. The van der Waals surface area contributed by atoms with Gasteiger partial charge >= 0.3 is 9.53 Å². The van der Waals surface area contributed by atoms with E-state index in [-0.39, 0.29) is 0 Å². The van der Waals surface area contributed by atoms with Crippen molar-refractivity contribution in [3.63, 3.8) is 0 Å². The molecule has 0 amide bonds. The van der Waals surface area contributed by atoms with Crippen LogP contribution in [0, 0.1) is 0 Å². The molecule has 0 aliphatic heterocycles. The van der Waals surface area contributed by atoms with E-state index in [9.17, 15) is 0 Å². The summed E-state index contributed by atoms with van der Waals surface area (Å²) in [4.78, 5) is 0. The molecule has 4 heteroatoms. The minimum Gasteiger partial charge on any atom is -0.379 e. The Morgan fingerprint density at radius 2 is 0.938 bits per heavy atom. The van der Waals surface area contributed by atoms with E-state index in [0.29, 0.717) is 0 Å². The summed E-state index contributed by atoms with van der Waals surface area (Å²) in [6.45, 7) is 4.53. The largest absolute Gasteiger partial charge is 0.483 e. The highest BCUT2D eigenvalue weighted by Crippen LogP contribution is 2.05. The molecule has 0 rings (SSSR count). The SMILES string of the molecule is CCCCCCCCC.CO[SiH](OC)OC. The van der Waals surface area contributed by atoms with Crippen LogP contribution in [0.15, 0.2) is 0 Å². The fraction of sp³-hybridized carbons (Fsp3) is 1.00. The highest BCUT2D eigenvalue weighted by atomic mass is 28.3. The molecule has 0 atom stereocenters. The van der Waals surface area contributed by atoms with Crippen molar-refractivity contribution in [3.05, 3.63) is 0 Å². The third kappa shape index (κ3) is 16.5. The summed E-state index contributed by atoms with van der Waals surface area (Å²) in [5.74, 6) is 0. The molecule has 3 nitrogen and oxygen atoms in total. The van der Waals surface area contributed by atoms with Crippen molar-refractivity contribution in [1.29, 1.82) is 0 Å². The van der Waals surface area contributed by atoms with Gasteiger partial charge in [-0.1, -0.05) is 58.8 Å². The van der Waals surface area contributed by atoms with Crippen molar-refractivity contribution in [1.82, 2.24) is 0 Å². The minimum absolute atomic E-state index is 1.37. The molecule has 0 heterocycles. The number of hydrogen-bond acceptors (Lipinski definition) is 3. The first-order valence-electron chi connectivity index (χ1n) is 6.35. The Balaban J connectivity index is 0. The van der Waals surface area contributed by atoms with Crippen molar-refractivity contribution in [3.8, 4) is 0 Å². The zero-order valence-electron chi connectivity index (χ0n) is 11.8. The predicted molar refractivity (Wildman–Crippen MR) is 71.8 cm³/mol. The fourth-order valence-electron chi connectivity index (χ4n) is 1.32. The Morgan fingerprint density at radius 1 is 0.625 bits per heavy atom. The topological polar surface area (TPSA) is 27.7 Å². The summed E-state index contributed by atoms with van der Waals surface area (Å²) < 4.78 is 14.2. The van der Waals surface area contributed by atoms with E-state index in [1.54, 1.807) is 21.3 Å². The van der Waals surface area contributed by atoms with Gasteiger partial charge in [-0.25, -0.2) is 0 Å². The van der Waals surface area contributed by atoms with Crippen LogP contribution < -0.4 is 0 Å². The predicted octanol–water partition coefficient (Wildman–Crippen LogP) is 3.40. The van der Waals surface area contributed by atoms with Gasteiger partial charge < -0.3 is 13.3 Å². The Morgan fingerprint density at radius 3 is 1.12 bits per heavy atom. The molecule has 0 aromatic rings. The van der Waals surface area contributed by atoms with E-state index in [0.717, 1.165) is 0 Å². The Bertz CT molecular complexity index is 96.9. The molecule has 0 aromatic carbocycles. The van der Waals surface area contributed by atoms with Crippen LogP contribution >= 0.6 is 0 Å². The van der Waals surface area contributed by atoms with E-state index in [1.807, 2.05) is 0 Å². The van der Waals surface area contributed by atoms with Crippen molar-refractivity contribution in [2.45, 2.75) is 58.8 Å². The van der Waals surface area contributed by atoms with Crippen LogP contribution in [0.1, 0.15) is 58.8 Å². The highest BCUT2D eigenvalue weighted by molar-refractivity contribution is 6.36. The monoisotopic (exact) mass is 250 g/mol. The Hall–Kier alpha value is 0.0969. The summed E-state index contributed by atoms with van der Waals surface area (Å²) in [5, 5.41) is 0. The zero-order valence-corrected chi connectivity index (χ0v) is 12.9. The number of hydrogen-bond donors (Lipinski definition) is 0. The third-order valence-corrected chi connectivity index (χ3v) is 3.44. The highest BCUT2D eigenvalue weighted by Gasteiger charge is 2.04. The normalized spacial score (nSPS) is 10.1. The smallest absolute Gasteiger partial charge is 0.379 e. The van der Waals surface area contributed by atoms with Gasteiger partial charge in [0.25, 0.3) is 0 Å². The van der Waals surface area contributed by atoms with E-state index in [4.69, 9.17) is 13.3 Å². The van der Waals surface area contributed by atoms with E-state index < -0.39 is 9.53 Å². The first-order chi connectivity index (χ1) is 7.76. The molecule has 0 aliphatic carbocycles. The molecule has 0 bridgehead atoms. The molecule has 0 N–H and O–H groups in total. The first-order valence-corrected chi connectivity index (χ1v) is 7.76. The lowest BCUT2D eigenvalue weighted by molar-refractivity contribution is 0.163. The lowest BCUT2D eigenvalue weighted by Gasteiger charge is -2.05. The van der Waals surface area contributed by atoms with Crippen molar-refractivity contribution in [2.75, 3.05) is 21.3 Å². The van der Waals surface area contributed by atoms with Gasteiger partial charge in [0.15, 0.2) is 0 Å². The van der Waals surface area contributed by atoms with Crippen LogP contribution in [0.2, 0.25) is 0 Å². The molecule has 0 aromatic heterocycles. The molecule has 0 fully saturated rings. The van der Waals surface area contributed by atoms with Gasteiger partial charge in [-0.3, -0.25) is 0 Å². The van der Waals surface area contributed by atoms with E-state index in [1.165, 1.54) is 44.9 Å². The lowest BCUT2D eigenvalue weighted by atomic mass is 10.1. The maximum atomic E-state index is 4.74. The third-order valence-electron chi connectivity index (χ3n) is 2.28. The van der Waals surface area contributed by atoms with Gasteiger partial charge in [0.1, 0.15) is 0 Å². The van der Waals surface area contributed by atoms with Crippen LogP contribution in [0.4, 0.5) is 0 Å². The van der Waals surface area contributed by atoms with Gasteiger partial charge in [0.2, 0.25) is 0 Å². The maximum absolute atomic E-state index is 4.74. The standard InChI is InChI=1S/C9H20.C3H10O3Si/c1-3-5-7-9-8-6-4-2;1-4-7(5-2)6-3/h3-9H2,1-2H3;7H,1-3H3. The van der Waals surface area contributed by atoms with Crippen LogP contribution in [-0.4, -0.2) is 30.9 Å². The maximum Gasteiger partial charge on any atom is 0.483 e. The van der Waals surface area contributed by atoms with E-state index in [2.05, 4.69) is 13.8 Å². The second-order valence-electron chi connectivity index (χ2n) is 3.76. The van der Waals surface area contributed by atoms with Crippen molar-refractivity contribution in [2.24, 2.45) is 0 Å². The Labute approximate surface area is 103 Å². The number of rotatable bonds is 9. The van der Waals surface area contributed by atoms with Gasteiger partial charge in [0.05, 0.1) is 0 Å². The molecule has 0 saturated heterocycles. The van der Waals surface area contributed by atoms with Gasteiger partial charge in [-0.05, 0) is 0 Å². The van der Waals surface area contributed by atoms with E-state index >= 15 is 0 Å². The Kier molecular flexibility index (Phi) is 20.2. The van der Waals surface area contributed by atoms with Crippen LogP contribution in [0.3, 0.4) is 0 Å². The average Bonchev–Trinajstić information content (AvgIpc) is 2.32. The van der Waals surface area contributed by atoms with Crippen LogP contribution in [-0.2, 0) is 13.3 Å². The molecule has 0 unspecified atom stereocenters. The minimum atomic E-state index is -1.67. The summed E-state index contributed by atoms with van der Waals surface area (Å²) in [6.07, 6.45) is 9.97. The summed E-state index contributed by atoms with van der Waals surface area (Å²) in [7, 11) is 3.05. The second kappa shape index (κ2) is 17.5. The number of unbranched alkanes of at least 4 members (excludes halogenated alkanes) is 6. The molecule has 0 spiro atoms.